The number of amides is 1. The Balaban J connectivity index is 3.97. The Morgan fingerprint density at radius 2 is 1.75 bits per heavy atom. The molecule has 0 aromatic heterocycles. The minimum atomic E-state index is -0.329. The molecule has 1 atom stereocenters. The molecule has 16 heavy (non-hydrogen) atoms. The van der Waals surface area contributed by atoms with Crippen molar-refractivity contribution in [3.8, 4) is 0 Å². The van der Waals surface area contributed by atoms with Crippen molar-refractivity contribution in [1.82, 2.24) is 10.6 Å². The van der Waals surface area contributed by atoms with Gasteiger partial charge in [0.05, 0.1) is 6.04 Å². The van der Waals surface area contributed by atoms with Crippen LogP contribution in [0.5, 0.6) is 0 Å². The van der Waals surface area contributed by atoms with Gasteiger partial charge in [0, 0.05) is 26.3 Å². The van der Waals surface area contributed by atoms with Crippen LogP contribution in [-0.2, 0) is 14.3 Å². The molecule has 1 amide bonds. The Hall–Kier alpha value is -0.650. The van der Waals surface area contributed by atoms with Gasteiger partial charge < -0.3 is 20.1 Å². The lowest BCUT2D eigenvalue weighted by atomic mass is 10.1. The zero-order valence-electron chi connectivity index (χ0n) is 11.1. The second-order valence-corrected chi connectivity index (χ2v) is 4.77. The van der Waals surface area contributed by atoms with Crippen molar-refractivity contribution in [1.29, 1.82) is 0 Å². The molecular weight excluding hydrogens is 208 g/mol. The van der Waals surface area contributed by atoms with Crippen molar-refractivity contribution in [2.75, 3.05) is 20.8 Å². The maximum atomic E-state index is 11.7. The summed E-state index contributed by atoms with van der Waals surface area (Å²) >= 11 is 0. The number of hydrogen-bond acceptors (Lipinski definition) is 4. The van der Waals surface area contributed by atoms with E-state index >= 15 is 0 Å². The first-order valence-electron chi connectivity index (χ1n) is 5.41. The van der Waals surface area contributed by atoms with Gasteiger partial charge >= 0.3 is 0 Å². The van der Waals surface area contributed by atoms with Crippen LogP contribution in [-0.4, -0.2) is 44.5 Å². The Bertz CT molecular complexity index is 210. The molecule has 0 saturated heterocycles. The Morgan fingerprint density at radius 3 is 2.12 bits per heavy atom. The fourth-order valence-electron chi connectivity index (χ4n) is 1.11. The van der Waals surface area contributed by atoms with Crippen LogP contribution >= 0.6 is 0 Å². The van der Waals surface area contributed by atoms with Crippen LogP contribution < -0.4 is 10.6 Å². The van der Waals surface area contributed by atoms with Crippen LogP contribution in [0.25, 0.3) is 0 Å². The van der Waals surface area contributed by atoms with E-state index in [1.807, 2.05) is 27.7 Å². The molecule has 0 aromatic rings. The van der Waals surface area contributed by atoms with E-state index in [9.17, 15) is 4.79 Å². The van der Waals surface area contributed by atoms with Crippen molar-refractivity contribution in [3.05, 3.63) is 0 Å². The average Bonchev–Trinajstić information content (AvgIpc) is 2.16. The lowest BCUT2D eigenvalue weighted by Gasteiger charge is -2.24. The molecule has 0 rings (SSSR count). The number of methoxy groups -OCH3 is 2. The number of carbonyl (C=O) groups is 1. The highest BCUT2D eigenvalue weighted by Gasteiger charge is 2.19. The molecule has 0 aliphatic rings. The lowest BCUT2D eigenvalue weighted by Crippen LogP contribution is -2.50. The first-order chi connectivity index (χ1) is 7.30. The number of ether oxygens (including phenoxy) is 2. The fraction of sp³-hybridized carbons (Fsp3) is 0.909. The minimum absolute atomic E-state index is 0.0292. The van der Waals surface area contributed by atoms with Crippen LogP contribution in [0.15, 0.2) is 0 Å². The van der Waals surface area contributed by atoms with Gasteiger partial charge in [-0.3, -0.25) is 4.79 Å². The van der Waals surface area contributed by atoms with Crippen molar-refractivity contribution in [3.63, 3.8) is 0 Å². The monoisotopic (exact) mass is 232 g/mol. The van der Waals surface area contributed by atoms with Gasteiger partial charge in [0.15, 0.2) is 6.29 Å². The van der Waals surface area contributed by atoms with Crippen LogP contribution in [0.4, 0.5) is 0 Å². The quantitative estimate of drug-likeness (QED) is 0.655. The van der Waals surface area contributed by atoms with Gasteiger partial charge in [0.1, 0.15) is 0 Å². The largest absolute Gasteiger partial charge is 0.355 e. The van der Waals surface area contributed by atoms with E-state index in [2.05, 4.69) is 10.6 Å². The van der Waals surface area contributed by atoms with Gasteiger partial charge in [-0.25, -0.2) is 0 Å². The smallest absolute Gasteiger partial charge is 0.237 e. The molecule has 0 fully saturated rings. The van der Waals surface area contributed by atoms with Crippen molar-refractivity contribution >= 4 is 5.91 Å². The third-order valence-corrected chi connectivity index (χ3v) is 2.01. The van der Waals surface area contributed by atoms with E-state index in [0.29, 0.717) is 6.54 Å². The molecule has 96 valence electrons. The summed E-state index contributed by atoms with van der Waals surface area (Å²) in [5.74, 6) is -0.0292. The van der Waals surface area contributed by atoms with Crippen LogP contribution in [0, 0.1) is 0 Å². The van der Waals surface area contributed by atoms with E-state index in [1.165, 1.54) is 0 Å². The van der Waals surface area contributed by atoms with Crippen LogP contribution in [0.1, 0.15) is 27.7 Å². The second kappa shape index (κ2) is 6.83. The molecule has 2 N–H and O–H groups in total. The van der Waals surface area contributed by atoms with Gasteiger partial charge in [-0.15, -0.1) is 0 Å². The highest BCUT2D eigenvalue weighted by atomic mass is 16.7. The number of hydrogen-bond donors (Lipinski definition) is 2. The summed E-state index contributed by atoms with van der Waals surface area (Å²) in [7, 11) is 3.13. The molecule has 0 bridgehead atoms. The number of nitrogens with one attached hydrogen (secondary N) is 2. The van der Waals surface area contributed by atoms with Crippen molar-refractivity contribution in [2.45, 2.75) is 45.6 Å². The third-order valence-electron chi connectivity index (χ3n) is 2.01. The molecule has 0 aliphatic carbocycles. The SMILES string of the molecule is COC(CNC(C)C(=O)NC(C)(C)C)OC. The summed E-state index contributed by atoms with van der Waals surface area (Å²) in [4.78, 5) is 11.7. The van der Waals surface area contributed by atoms with Crippen molar-refractivity contribution < 1.29 is 14.3 Å². The molecule has 5 heteroatoms. The highest BCUT2D eigenvalue weighted by Crippen LogP contribution is 1.99. The second-order valence-electron chi connectivity index (χ2n) is 4.77. The van der Waals surface area contributed by atoms with E-state index < -0.39 is 0 Å². The van der Waals surface area contributed by atoms with E-state index in [-0.39, 0.29) is 23.8 Å². The molecule has 0 radical (unpaired) electrons. The standard InChI is InChI=1S/C11H24N2O3/c1-8(10(14)13-11(2,3)4)12-7-9(15-5)16-6/h8-9,12H,7H2,1-6H3,(H,13,14). The van der Waals surface area contributed by atoms with Crippen LogP contribution in [0.2, 0.25) is 0 Å². The maximum Gasteiger partial charge on any atom is 0.237 e. The normalized spacial score (nSPS) is 13.9. The Labute approximate surface area is 97.9 Å². The van der Waals surface area contributed by atoms with Gasteiger partial charge in [-0.2, -0.15) is 0 Å². The van der Waals surface area contributed by atoms with Gasteiger partial charge in [-0.1, -0.05) is 0 Å². The van der Waals surface area contributed by atoms with E-state index in [4.69, 9.17) is 9.47 Å². The molecule has 0 aromatic carbocycles. The summed E-state index contributed by atoms with van der Waals surface area (Å²) in [5.41, 5.74) is -0.213. The average molecular weight is 232 g/mol. The molecular formula is C11H24N2O3. The molecule has 1 unspecified atom stereocenters. The maximum absolute atomic E-state index is 11.7. The summed E-state index contributed by atoms with van der Waals surface area (Å²) in [5, 5.41) is 5.94. The molecule has 0 aliphatic heterocycles. The van der Waals surface area contributed by atoms with Crippen LogP contribution in [0.3, 0.4) is 0 Å². The third kappa shape index (κ3) is 6.76. The number of rotatable bonds is 6. The Kier molecular flexibility index (Phi) is 6.55. The molecule has 5 nitrogen and oxygen atoms in total. The summed E-state index contributed by atoms with van der Waals surface area (Å²) in [6, 6.07) is -0.271. The zero-order valence-corrected chi connectivity index (χ0v) is 11.1. The van der Waals surface area contributed by atoms with Crippen molar-refractivity contribution in [2.24, 2.45) is 0 Å². The predicted molar refractivity (Wildman–Crippen MR) is 63.2 cm³/mol. The molecule has 0 saturated carbocycles. The fourth-order valence-corrected chi connectivity index (χ4v) is 1.11. The van der Waals surface area contributed by atoms with E-state index in [1.54, 1.807) is 14.2 Å². The van der Waals surface area contributed by atoms with Gasteiger partial charge in [0.2, 0.25) is 5.91 Å². The summed E-state index contributed by atoms with van der Waals surface area (Å²) < 4.78 is 10.0. The zero-order chi connectivity index (χ0) is 12.8. The summed E-state index contributed by atoms with van der Waals surface area (Å²) in [6.07, 6.45) is -0.329. The molecule has 0 spiro atoms. The van der Waals surface area contributed by atoms with Gasteiger partial charge in [0.25, 0.3) is 0 Å². The highest BCUT2D eigenvalue weighted by molar-refractivity contribution is 5.81. The van der Waals surface area contributed by atoms with E-state index in [0.717, 1.165) is 0 Å². The first-order valence-corrected chi connectivity index (χ1v) is 5.41. The van der Waals surface area contributed by atoms with Gasteiger partial charge in [-0.05, 0) is 27.7 Å². The lowest BCUT2D eigenvalue weighted by molar-refractivity contribution is -0.125. The number of carbonyl (C=O) groups excluding carboxylic acids is 1. The predicted octanol–water partition coefficient (Wildman–Crippen LogP) is 0.498. The Morgan fingerprint density at radius 1 is 1.25 bits per heavy atom. The molecule has 0 heterocycles. The first kappa shape index (κ1) is 15.3. The summed E-state index contributed by atoms with van der Waals surface area (Å²) in [6.45, 7) is 8.13. The topological polar surface area (TPSA) is 59.6 Å². The minimum Gasteiger partial charge on any atom is -0.355 e.